The van der Waals surface area contributed by atoms with Crippen molar-refractivity contribution >= 4 is 26.2 Å². The molecule has 1 heterocycles. The summed E-state index contributed by atoms with van der Waals surface area (Å²) in [5.41, 5.74) is 0. The fourth-order valence-electron chi connectivity index (χ4n) is 0.648. The predicted octanol–water partition coefficient (Wildman–Crippen LogP) is 0.833. The van der Waals surface area contributed by atoms with Gasteiger partial charge >= 0.3 is 0 Å². The van der Waals surface area contributed by atoms with Crippen molar-refractivity contribution in [3.8, 4) is 6.07 Å². The van der Waals surface area contributed by atoms with Crippen molar-refractivity contribution in [1.29, 1.82) is 5.26 Å². The van der Waals surface area contributed by atoms with Gasteiger partial charge in [-0.1, -0.05) is 11.2 Å². The molecule has 7 heteroatoms. The van der Waals surface area contributed by atoms with E-state index in [0.717, 1.165) is 11.3 Å². The van der Waals surface area contributed by atoms with Gasteiger partial charge in [0, 0.05) is 0 Å². The van der Waals surface area contributed by atoms with E-state index in [0.29, 0.717) is 0 Å². The van der Waals surface area contributed by atoms with Crippen molar-refractivity contribution in [2.75, 3.05) is 0 Å². The maximum atomic E-state index is 11.4. The van der Waals surface area contributed by atoms with Crippen LogP contribution in [0.2, 0.25) is 0 Å². The Balaban J connectivity index is 3.28. The first-order valence-electron chi connectivity index (χ1n) is 3.03. The van der Waals surface area contributed by atoms with E-state index in [-0.39, 0.29) is 4.21 Å². The van der Waals surface area contributed by atoms with Crippen LogP contribution in [0.4, 0.5) is 0 Å². The van der Waals surface area contributed by atoms with Crippen molar-refractivity contribution in [3.05, 3.63) is 17.5 Å². The van der Waals surface area contributed by atoms with E-state index >= 15 is 0 Å². The fraction of sp³-hybridized carbons (Fsp3) is 0. The van der Waals surface area contributed by atoms with Gasteiger partial charge in [-0.15, -0.1) is 11.3 Å². The lowest BCUT2D eigenvalue weighted by Crippen LogP contribution is -2.11. The Labute approximate surface area is 78.5 Å². The molecule has 13 heavy (non-hydrogen) atoms. The summed E-state index contributed by atoms with van der Waals surface area (Å²) in [4.78, 5) is 0. The Morgan fingerprint density at radius 1 is 1.69 bits per heavy atom. The molecule has 0 radical (unpaired) electrons. The number of hydrogen-bond acceptors (Lipinski definition) is 6. The maximum Gasteiger partial charge on any atom is 0.276 e. The third-order valence-electron chi connectivity index (χ3n) is 1.20. The minimum absolute atomic E-state index is 0.0122. The van der Waals surface area contributed by atoms with Crippen LogP contribution in [-0.2, 0) is 9.84 Å². The third-order valence-corrected chi connectivity index (χ3v) is 4.16. The average Bonchev–Trinajstić information content (AvgIpc) is 2.58. The number of sulfone groups is 1. The summed E-state index contributed by atoms with van der Waals surface area (Å²) in [5.74, 6) is 0. The van der Waals surface area contributed by atoms with Gasteiger partial charge in [-0.25, -0.2) is 8.42 Å². The first-order valence-corrected chi connectivity index (χ1v) is 5.40. The molecule has 0 unspecified atom stereocenters. The topological polar surface area (TPSA) is 90.5 Å². The standard InChI is InChI=1S/C6H4N2O3S2/c7-4-5(8-9)13(10,11)6-2-1-3-12-6/h1-3,9H. The van der Waals surface area contributed by atoms with Crippen molar-refractivity contribution in [2.24, 2.45) is 5.16 Å². The second-order valence-electron chi connectivity index (χ2n) is 1.95. The van der Waals surface area contributed by atoms with Crippen molar-refractivity contribution in [3.63, 3.8) is 0 Å². The summed E-state index contributed by atoms with van der Waals surface area (Å²) in [5, 5.41) is 19.7. The molecule has 0 saturated carbocycles. The Morgan fingerprint density at radius 3 is 2.77 bits per heavy atom. The largest absolute Gasteiger partial charge is 0.409 e. The van der Waals surface area contributed by atoms with Gasteiger partial charge in [-0.3, -0.25) is 0 Å². The number of nitrogens with zero attached hydrogens (tertiary/aromatic N) is 2. The van der Waals surface area contributed by atoms with E-state index in [9.17, 15) is 8.42 Å². The smallest absolute Gasteiger partial charge is 0.276 e. The van der Waals surface area contributed by atoms with Gasteiger partial charge in [0.1, 0.15) is 10.3 Å². The first kappa shape index (κ1) is 9.70. The van der Waals surface area contributed by atoms with Crippen molar-refractivity contribution in [2.45, 2.75) is 4.21 Å². The normalized spacial score (nSPS) is 12.4. The predicted molar refractivity (Wildman–Crippen MR) is 46.3 cm³/mol. The molecule has 0 spiro atoms. The Morgan fingerprint density at radius 2 is 2.38 bits per heavy atom. The second kappa shape index (κ2) is 3.55. The molecule has 5 nitrogen and oxygen atoms in total. The fourth-order valence-corrected chi connectivity index (χ4v) is 2.68. The molecule has 0 aliphatic carbocycles. The van der Waals surface area contributed by atoms with E-state index in [1.807, 2.05) is 0 Å². The SMILES string of the molecule is N#CC(=NO)S(=O)(=O)c1cccs1. The van der Waals surface area contributed by atoms with Crippen LogP contribution < -0.4 is 0 Å². The van der Waals surface area contributed by atoms with Crippen LogP contribution in [0.25, 0.3) is 0 Å². The quantitative estimate of drug-likeness (QED) is 0.326. The van der Waals surface area contributed by atoms with Gasteiger partial charge in [0.25, 0.3) is 5.04 Å². The molecule has 1 N–H and O–H groups in total. The van der Waals surface area contributed by atoms with Crippen LogP contribution in [0.3, 0.4) is 0 Å². The van der Waals surface area contributed by atoms with Crippen LogP contribution in [0.1, 0.15) is 0 Å². The summed E-state index contributed by atoms with van der Waals surface area (Å²) >= 11 is 0.958. The number of rotatable bonds is 1. The van der Waals surface area contributed by atoms with Crippen LogP contribution >= 0.6 is 11.3 Å². The van der Waals surface area contributed by atoms with Crippen LogP contribution in [0, 0.1) is 11.3 Å². The molecule has 0 aliphatic rings. The zero-order chi connectivity index (χ0) is 9.90. The molecule has 0 bridgehead atoms. The van der Waals surface area contributed by atoms with E-state index in [1.165, 1.54) is 18.2 Å². The lowest BCUT2D eigenvalue weighted by atomic mass is 10.7. The number of hydrogen-bond donors (Lipinski definition) is 1. The molecule has 68 valence electrons. The summed E-state index contributed by atoms with van der Waals surface area (Å²) < 4.78 is 22.7. The van der Waals surface area contributed by atoms with Gasteiger partial charge in [-0.2, -0.15) is 5.26 Å². The summed E-state index contributed by atoms with van der Waals surface area (Å²) in [6.45, 7) is 0. The first-order chi connectivity index (χ1) is 6.12. The summed E-state index contributed by atoms with van der Waals surface area (Å²) in [6, 6.07) is 4.17. The molecule has 1 aromatic rings. The number of thiophene rings is 1. The molecule has 1 rings (SSSR count). The molecule has 0 atom stereocenters. The zero-order valence-corrected chi connectivity index (χ0v) is 7.84. The molecular formula is C6H4N2O3S2. The molecular weight excluding hydrogens is 212 g/mol. The molecule has 0 saturated heterocycles. The summed E-state index contributed by atoms with van der Waals surface area (Å²) in [7, 11) is -3.90. The highest BCUT2D eigenvalue weighted by atomic mass is 32.2. The van der Waals surface area contributed by atoms with Crippen LogP contribution in [0.15, 0.2) is 26.9 Å². The third kappa shape index (κ3) is 1.68. The minimum Gasteiger partial charge on any atom is -0.409 e. The highest BCUT2D eigenvalue weighted by Gasteiger charge is 2.23. The molecule has 1 aromatic heterocycles. The Kier molecular flexibility index (Phi) is 2.65. The van der Waals surface area contributed by atoms with Gasteiger partial charge < -0.3 is 5.21 Å². The molecule has 0 aromatic carbocycles. The van der Waals surface area contributed by atoms with Crippen molar-refractivity contribution in [1.82, 2.24) is 0 Å². The lowest BCUT2D eigenvalue weighted by Gasteiger charge is -1.93. The molecule has 0 amide bonds. The van der Waals surface area contributed by atoms with Crippen LogP contribution in [-0.4, -0.2) is 18.7 Å². The van der Waals surface area contributed by atoms with Crippen molar-refractivity contribution < 1.29 is 13.6 Å². The second-order valence-corrected chi connectivity index (χ2v) is 4.99. The van der Waals surface area contributed by atoms with E-state index in [4.69, 9.17) is 10.5 Å². The minimum atomic E-state index is -3.90. The molecule has 0 fully saturated rings. The highest BCUT2D eigenvalue weighted by Crippen LogP contribution is 2.18. The van der Waals surface area contributed by atoms with Gasteiger partial charge in [0.2, 0.25) is 9.84 Å². The lowest BCUT2D eigenvalue weighted by molar-refractivity contribution is 0.321. The molecule has 0 aliphatic heterocycles. The average molecular weight is 216 g/mol. The monoisotopic (exact) mass is 216 g/mol. The van der Waals surface area contributed by atoms with Gasteiger partial charge in [0.05, 0.1) is 0 Å². The van der Waals surface area contributed by atoms with Gasteiger partial charge in [0.15, 0.2) is 0 Å². The van der Waals surface area contributed by atoms with E-state index in [2.05, 4.69) is 5.16 Å². The van der Waals surface area contributed by atoms with E-state index in [1.54, 1.807) is 5.38 Å². The zero-order valence-electron chi connectivity index (χ0n) is 6.21. The maximum absolute atomic E-state index is 11.4. The highest BCUT2D eigenvalue weighted by molar-refractivity contribution is 8.08. The Hall–Kier alpha value is -1.39. The number of nitriles is 1. The summed E-state index contributed by atoms with van der Waals surface area (Å²) in [6.07, 6.45) is 0. The van der Waals surface area contributed by atoms with Gasteiger partial charge in [-0.05, 0) is 11.4 Å². The number of oxime groups is 1. The van der Waals surface area contributed by atoms with Crippen LogP contribution in [0.5, 0.6) is 0 Å². The van der Waals surface area contributed by atoms with E-state index < -0.39 is 14.9 Å². The Bertz CT molecular complexity index is 453.